The Hall–Kier alpha value is -1.15. The zero-order valence-corrected chi connectivity index (χ0v) is 11.0. The van der Waals surface area contributed by atoms with Crippen LogP contribution in [0.1, 0.15) is 13.3 Å². The average molecular weight is 278 g/mol. The van der Waals surface area contributed by atoms with Crippen molar-refractivity contribution < 1.29 is 23.6 Å². The molecule has 3 N–H and O–H groups in total. The molecule has 0 aromatic rings. The fourth-order valence-electron chi connectivity index (χ4n) is 1.57. The maximum absolute atomic E-state index is 11.5. The van der Waals surface area contributed by atoms with E-state index in [1.807, 2.05) is 0 Å². The lowest BCUT2D eigenvalue weighted by atomic mass is 9.99. The number of amides is 2. The zero-order valence-electron chi connectivity index (χ0n) is 10.2. The second kappa shape index (κ2) is 6.69. The predicted molar refractivity (Wildman–Crippen MR) is 65.9 cm³/mol. The summed E-state index contributed by atoms with van der Waals surface area (Å²) in [5.74, 6) is -0.205. The van der Waals surface area contributed by atoms with Crippen LogP contribution in [0.3, 0.4) is 0 Å². The summed E-state index contributed by atoms with van der Waals surface area (Å²) in [6.45, 7) is 2.33. The highest BCUT2D eigenvalue weighted by Crippen LogP contribution is 2.18. The van der Waals surface area contributed by atoms with Crippen LogP contribution >= 0.6 is 0 Å². The van der Waals surface area contributed by atoms with Gasteiger partial charge in [0, 0.05) is 41.9 Å². The Morgan fingerprint density at radius 2 is 2.22 bits per heavy atom. The minimum atomic E-state index is -1.34. The third kappa shape index (κ3) is 3.95. The molecule has 104 valence electrons. The van der Waals surface area contributed by atoms with E-state index in [0.29, 0.717) is 18.1 Å². The number of hydrogen-bond acceptors (Lipinski definition) is 4. The highest BCUT2D eigenvalue weighted by molar-refractivity contribution is 7.84. The van der Waals surface area contributed by atoms with Gasteiger partial charge in [-0.3, -0.25) is 4.21 Å². The smallest absolute Gasteiger partial charge is 0.332 e. The van der Waals surface area contributed by atoms with Crippen LogP contribution in [0.4, 0.5) is 4.79 Å². The highest BCUT2D eigenvalue weighted by atomic mass is 32.2. The van der Waals surface area contributed by atoms with Crippen LogP contribution in [0.2, 0.25) is 0 Å². The maximum atomic E-state index is 11.5. The van der Waals surface area contributed by atoms with Gasteiger partial charge in [0.05, 0.1) is 6.61 Å². The Morgan fingerprint density at radius 1 is 1.50 bits per heavy atom. The fraction of sp³-hybridized carbons (Fsp3) is 0.800. The summed E-state index contributed by atoms with van der Waals surface area (Å²) in [4.78, 5) is 22.7. The van der Waals surface area contributed by atoms with E-state index in [1.165, 1.54) is 0 Å². The van der Waals surface area contributed by atoms with Gasteiger partial charge < -0.3 is 20.5 Å². The second-order valence-corrected chi connectivity index (χ2v) is 5.87. The van der Waals surface area contributed by atoms with Crippen LogP contribution in [-0.2, 0) is 20.3 Å². The fourth-order valence-corrected chi connectivity index (χ4v) is 2.19. The first-order valence-electron chi connectivity index (χ1n) is 5.72. The number of carbonyl (C=O) groups excluding carboxylic acids is 1. The van der Waals surface area contributed by atoms with Crippen LogP contribution in [0.15, 0.2) is 0 Å². The molecule has 0 bridgehead atoms. The van der Waals surface area contributed by atoms with Gasteiger partial charge in [0.2, 0.25) is 0 Å². The van der Waals surface area contributed by atoms with Crippen molar-refractivity contribution in [3.63, 3.8) is 0 Å². The summed E-state index contributed by atoms with van der Waals surface area (Å²) in [5.41, 5.74) is -1.34. The lowest BCUT2D eigenvalue weighted by Gasteiger charge is -2.23. The molecule has 8 heteroatoms. The van der Waals surface area contributed by atoms with E-state index in [9.17, 15) is 13.8 Å². The van der Waals surface area contributed by atoms with Gasteiger partial charge in [-0.1, -0.05) is 6.92 Å². The lowest BCUT2D eigenvalue weighted by Crippen LogP contribution is -2.58. The molecule has 0 aliphatic carbocycles. The van der Waals surface area contributed by atoms with Gasteiger partial charge in [-0.25, -0.2) is 9.59 Å². The quantitative estimate of drug-likeness (QED) is 0.596. The molecule has 0 saturated carbocycles. The third-order valence-corrected chi connectivity index (χ3v) is 4.02. The van der Waals surface area contributed by atoms with E-state index in [2.05, 4.69) is 10.6 Å². The van der Waals surface area contributed by atoms with Gasteiger partial charge in [0.25, 0.3) is 0 Å². The molecule has 1 aliphatic rings. The molecule has 1 rings (SSSR count). The second-order valence-electron chi connectivity index (χ2n) is 4.00. The molecular formula is C10H18N2O5S. The molecule has 1 aliphatic heterocycles. The molecule has 0 spiro atoms. The van der Waals surface area contributed by atoms with Gasteiger partial charge in [0.1, 0.15) is 0 Å². The molecule has 1 heterocycles. The first-order chi connectivity index (χ1) is 8.50. The van der Waals surface area contributed by atoms with Crippen LogP contribution in [0, 0.1) is 0 Å². The average Bonchev–Trinajstić information content (AvgIpc) is 2.78. The summed E-state index contributed by atoms with van der Waals surface area (Å²) in [5, 5.41) is 14.0. The monoisotopic (exact) mass is 278 g/mol. The Balaban J connectivity index is 2.38. The molecule has 18 heavy (non-hydrogen) atoms. The van der Waals surface area contributed by atoms with Crippen molar-refractivity contribution in [2.75, 3.05) is 31.3 Å². The van der Waals surface area contributed by atoms with Crippen LogP contribution < -0.4 is 10.6 Å². The number of nitrogens with one attached hydrogen (secondary N) is 2. The summed E-state index contributed by atoms with van der Waals surface area (Å²) < 4.78 is 16.1. The van der Waals surface area contributed by atoms with Gasteiger partial charge in [0.15, 0.2) is 5.54 Å². The van der Waals surface area contributed by atoms with Crippen molar-refractivity contribution >= 4 is 22.8 Å². The Kier molecular flexibility index (Phi) is 5.54. The normalized spacial score (nSPS) is 24.5. The molecule has 2 amide bonds. The van der Waals surface area contributed by atoms with Gasteiger partial charge in [-0.15, -0.1) is 0 Å². The van der Waals surface area contributed by atoms with E-state index in [1.54, 1.807) is 6.92 Å². The van der Waals surface area contributed by atoms with Crippen molar-refractivity contribution in [3.8, 4) is 0 Å². The van der Waals surface area contributed by atoms with Crippen LogP contribution in [-0.4, -0.2) is 58.1 Å². The number of hydrogen-bond donors (Lipinski definition) is 3. The minimum absolute atomic E-state index is 0.0311. The van der Waals surface area contributed by atoms with Crippen molar-refractivity contribution in [1.29, 1.82) is 0 Å². The zero-order chi connectivity index (χ0) is 13.6. The van der Waals surface area contributed by atoms with Crippen LogP contribution in [0.5, 0.6) is 0 Å². The molecular weight excluding hydrogens is 260 g/mol. The van der Waals surface area contributed by atoms with E-state index < -0.39 is 28.3 Å². The van der Waals surface area contributed by atoms with Crippen molar-refractivity contribution in [3.05, 3.63) is 0 Å². The van der Waals surface area contributed by atoms with Gasteiger partial charge in [-0.2, -0.15) is 0 Å². The Bertz CT molecular complexity index is 341. The maximum Gasteiger partial charge on any atom is 0.332 e. The standard InChI is InChI=1S/C10H18N2O5S/c1-2-18(16)6-4-11-9(15)12-10(8(13)14)3-5-17-7-10/h2-7H2,1H3,(H,13,14)(H2,11,12,15). The minimum Gasteiger partial charge on any atom is -0.479 e. The van der Waals surface area contributed by atoms with Crippen LogP contribution in [0.25, 0.3) is 0 Å². The number of rotatable bonds is 6. The first-order valence-corrected chi connectivity index (χ1v) is 7.21. The molecule has 0 aromatic heterocycles. The largest absolute Gasteiger partial charge is 0.479 e. The lowest BCUT2D eigenvalue weighted by molar-refractivity contribution is -0.144. The van der Waals surface area contributed by atoms with E-state index in [-0.39, 0.29) is 19.6 Å². The molecule has 1 saturated heterocycles. The Labute approximate surface area is 108 Å². The third-order valence-electron chi connectivity index (χ3n) is 2.72. The number of aliphatic carboxylic acids is 1. The summed E-state index contributed by atoms with van der Waals surface area (Å²) in [6, 6.07) is -0.573. The van der Waals surface area contributed by atoms with Crippen molar-refractivity contribution in [1.82, 2.24) is 10.6 Å². The molecule has 0 aromatic carbocycles. The molecule has 1 fully saturated rings. The number of ether oxygens (including phenoxy) is 1. The SMILES string of the molecule is CCS(=O)CCNC(=O)NC1(C(=O)O)CCOC1. The van der Waals surface area contributed by atoms with E-state index >= 15 is 0 Å². The number of carboxylic acid groups (broad SMARTS) is 1. The van der Waals surface area contributed by atoms with Crippen molar-refractivity contribution in [2.45, 2.75) is 18.9 Å². The number of urea groups is 1. The molecule has 2 unspecified atom stereocenters. The molecule has 0 radical (unpaired) electrons. The molecule has 2 atom stereocenters. The predicted octanol–water partition coefficient (Wildman–Crippen LogP) is -0.702. The topological polar surface area (TPSA) is 105 Å². The first kappa shape index (κ1) is 14.9. The summed E-state index contributed by atoms with van der Waals surface area (Å²) in [7, 11) is -0.950. The van der Waals surface area contributed by atoms with Crippen molar-refractivity contribution in [2.24, 2.45) is 0 Å². The summed E-state index contributed by atoms with van der Waals surface area (Å²) in [6.07, 6.45) is 0.247. The highest BCUT2D eigenvalue weighted by Gasteiger charge is 2.43. The number of carboxylic acids is 1. The van der Waals surface area contributed by atoms with Gasteiger partial charge in [-0.05, 0) is 0 Å². The van der Waals surface area contributed by atoms with E-state index in [0.717, 1.165) is 0 Å². The summed E-state index contributed by atoms with van der Waals surface area (Å²) >= 11 is 0. The Morgan fingerprint density at radius 3 is 2.72 bits per heavy atom. The molecule has 7 nitrogen and oxygen atoms in total. The van der Waals surface area contributed by atoms with Gasteiger partial charge >= 0.3 is 12.0 Å². The van der Waals surface area contributed by atoms with E-state index in [4.69, 9.17) is 9.84 Å². The number of carbonyl (C=O) groups is 2.